The average molecular weight is 573 g/mol. The zero-order chi connectivity index (χ0) is 27.7. The van der Waals surface area contributed by atoms with Crippen LogP contribution in [-0.2, 0) is 11.5 Å². The van der Waals surface area contributed by atoms with Crippen LogP contribution < -0.4 is 10.5 Å². The first-order valence-corrected chi connectivity index (χ1v) is 17.2. The summed E-state index contributed by atoms with van der Waals surface area (Å²) in [6, 6.07) is 7.77. The first-order chi connectivity index (χ1) is 18.6. The second-order valence-corrected chi connectivity index (χ2v) is 17.6. The lowest BCUT2D eigenvalue weighted by molar-refractivity contribution is -0.0495. The summed E-state index contributed by atoms with van der Waals surface area (Å²) in [5, 5.41) is 9.60. The Morgan fingerprint density at radius 2 is 2.05 bits per heavy atom. The Morgan fingerprint density at radius 3 is 2.74 bits per heavy atom. The minimum absolute atomic E-state index is 0.0160. The lowest BCUT2D eigenvalue weighted by Gasteiger charge is -2.17. The molecule has 1 amide bonds. The normalized spacial score (nSPS) is 13.9. The molecule has 1 aliphatic carbocycles. The van der Waals surface area contributed by atoms with Crippen molar-refractivity contribution in [1.29, 1.82) is 0 Å². The Balaban J connectivity index is 1.66. The number of hydrogen-bond acceptors (Lipinski definition) is 7. The smallest absolute Gasteiger partial charge is 0.387 e. The number of nitrogens with two attached hydrogens (primary N) is 1. The zero-order valence-corrected chi connectivity index (χ0v) is 23.8. The van der Waals surface area contributed by atoms with Gasteiger partial charge in [-0.15, -0.1) is 11.8 Å². The number of carbonyl (C=O) groups excluding carboxylic acids is 1. The van der Waals surface area contributed by atoms with Crippen LogP contribution in [0.25, 0.3) is 28.2 Å². The van der Waals surface area contributed by atoms with E-state index in [1.165, 1.54) is 16.9 Å². The van der Waals surface area contributed by atoms with E-state index in [2.05, 4.69) is 34.8 Å². The van der Waals surface area contributed by atoms with Gasteiger partial charge in [-0.2, -0.15) is 19.0 Å². The summed E-state index contributed by atoms with van der Waals surface area (Å²) in [6.07, 6.45) is 6.95. The number of halogens is 2. The summed E-state index contributed by atoms with van der Waals surface area (Å²) in [5.41, 5.74) is 7.66. The van der Waals surface area contributed by atoms with Crippen molar-refractivity contribution in [2.24, 2.45) is 5.73 Å². The standard InChI is InChI=1S/C26H30F2N6O3SSi/c1-39(2,3)12-11-36-15-34-23(18-13-17(38-16-5-6-16)7-8-20(18)37-26(27)28)19(14-31-34)22-21(24(29)35)25-30-9-4-10-33(25)32-22/h4,7-10,13-14,16,26H,5-6,11-12,15H2,1-3H3,(H2,29,35). The quantitative estimate of drug-likeness (QED) is 0.176. The molecule has 206 valence electrons. The van der Waals surface area contributed by atoms with Gasteiger partial charge in [-0.3, -0.25) is 4.79 Å². The molecule has 13 heteroatoms. The third-order valence-electron chi connectivity index (χ3n) is 6.20. The molecule has 0 aliphatic heterocycles. The number of rotatable bonds is 12. The van der Waals surface area contributed by atoms with E-state index >= 15 is 0 Å². The van der Waals surface area contributed by atoms with E-state index in [1.54, 1.807) is 40.8 Å². The second-order valence-electron chi connectivity index (χ2n) is 10.6. The molecule has 5 rings (SSSR count). The maximum Gasteiger partial charge on any atom is 0.387 e. The van der Waals surface area contributed by atoms with Crippen LogP contribution in [0.3, 0.4) is 0 Å². The number of ether oxygens (including phenoxy) is 2. The van der Waals surface area contributed by atoms with Crippen LogP contribution in [0, 0.1) is 0 Å². The highest BCUT2D eigenvalue weighted by atomic mass is 32.2. The van der Waals surface area contributed by atoms with Gasteiger partial charge >= 0.3 is 6.61 Å². The topological polar surface area (TPSA) is 110 Å². The molecule has 9 nitrogen and oxygen atoms in total. The number of thioether (sulfide) groups is 1. The molecule has 2 N–H and O–H groups in total. The predicted molar refractivity (Wildman–Crippen MR) is 148 cm³/mol. The number of nitrogens with zero attached hydrogens (tertiary/aromatic N) is 5. The molecule has 0 radical (unpaired) electrons. The van der Waals surface area contributed by atoms with Crippen molar-refractivity contribution in [3.05, 3.63) is 48.4 Å². The fraction of sp³-hybridized carbons (Fsp3) is 0.385. The second kappa shape index (κ2) is 11.1. The predicted octanol–water partition coefficient (Wildman–Crippen LogP) is 5.53. The lowest BCUT2D eigenvalue weighted by atomic mass is 10.0. The van der Waals surface area contributed by atoms with Gasteiger partial charge < -0.3 is 15.2 Å². The van der Waals surface area contributed by atoms with Gasteiger partial charge in [0, 0.05) is 48.3 Å². The molecule has 4 aromatic rings. The van der Waals surface area contributed by atoms with Crippen molar-refractivity contribution >= 4 is 31.4 Å². The van der Waals surface area contributed by atoms with Gasteiger partial charge in [-0.05, 0) is 43.2 Å². The molecule has 0 atom stereocenters. The Hall–Kier alpha value is -3.29. The molecule has 0 spiro atoms. The zero-order valence-electron chi connectivity index (χ0n) is 21.9. The van der Waals surface area contributed by atoms with E-state index in [0.717, 1.165) is 23.8 Å². The molecular formula is C26H30F2N6O3SSi. The Morgan fingerprint density at radius 1 is 1.26 bits per heavy atom. The van der Waals surface area contributed by atoms with E-state index in [-0.39, 0.29) is 29.4 Å². The molecule has 3 heterocycles. The Labute approximate surface area is 229 Å². The monoisotopic (exact) mass is 572 g/mol. The van der Waals surface area contributed by atoms with E-state index in [0.29, 0.717) is 28.7 Å². The number of alkyl halides is 2. The van der Waals surface area contributed by atoms with Crippen molar-refractivity contribution in [1.82, 2.24) is 24.4 Å². The third kappa shape index (κ3) is 6.31. The first-order valence-electron chi connectivity index (χ1n) is 12.6. The largest absolute Gasteiger partial charge is 0.434 e. The summed E-state index contributed by atoms with van der Waals surface area (Å²) in [7, 11) is -1.34. The summed E-state index contributed by atoms with van der Waals surface area (Å²) in [5.74, 6) is -0.733. The van der Waals surface area contributed by atoms with Gasteiger partial charge in [-0.25, -0.2) is 14.2 Å². The van der Waals surface area contributed by atoms with Crippen LogP contribution in [-0.4, -0.2) is 56.8 Å². The number of fused-ring (bicyclic) bond motifs is 1. The molecular weight excluding hydrogens is 542 g/mol. The molecule has 0 saturated heterocycles. The number of aromatic nitrogens is 5. The van der Waals surface area contributed by atoms with Crippen molar-refractivity contribution in [3.63, 3.8) is 0 Å². The van der Waals surface area contributed by atoms with Gasteiger partial charge in [0.15, 0.2) is 5.65 Å². The summed E-state index contributed by atoms with van der Waals surface area (Å²) < 4.78 is 41.0. The molecule has 0 bridgehead atoms. The van der Waals surface area contributed by atoms with Crippen LogP contribution in [0.15, 0.2) is 47.8 Å². The first kappa shape index (κ1) is 27.3. The fourth-order valence-electron chi connectivity index (χ4n) is 4.12. The SMILES string of the molecule is C[Si](C)(C)CCOCn1ncc(-c2nn3cccnc3c2C(N)=O)c1-c1cc(SC2CC2)ccc1OC(F)F. The summed E-state index contributed by atoms with van der Waals surface area (Å²) in [4.78, 5) is 17.8. The maximum absolute atomic E-state index is 13.5. The Bertz CT molecular complexity index is 1500. The molecule has 0 unspecified atom stereocenters. The van der Waals surface area contributed by atoms with Crippen LogP contribution in [0.2, 0.25) is 25.7 Å². The van der Waals surface area contributed by atoms with Crippen LogP contribution in [0.5, 0.6) is 5.75 Å². The van der Waals surface area contributed by atoms with Crippen molar-refractivity contribution < 1.29 is 23.0 Å². The minimum atomic E-state index is -3.03. The van der Waals surface area contributed by atoms with Crippen LogP contribution in [0.1, 0.15) is 23.2 Å². The van der Waals surface area contributed by atoms with Gasteiger partial charge in [0.25, 0.3) is 5.91 Å². The van der Waals surface area contributed by atoms with Gasteiger partial charge in [0.1, 0.15) is 23.7 Å². The number of benzene rings is 1. The molecule has 39 heavy (non-hydrogen) atoms. The van der Waals surface area contributed by atoms with Crippen molar-refractivity contribution in [2.45, 2.75) is 62.0 Å². The lowest BCUT2D eigenvalue weighted by Crippen LogP contribution is -2.22. The van der Waals surface area contributed by atoms with Crippen LogP contribution >= 0.6 is 11.8 Å². The van der Waals surface area contributed by atoms with E-state index in [4.69, 9.17) is 15.2 Å². The van der Waals surface area contributed by atoms with Crippen LogP contribution in [0.4, 0.5) is 8.78 Å². The molecule has 1 aliphatic rings. The number of primary amides is 1. The number of hydrogen-bond donors (Lipinski definition) is 1. The van der Waals surface area contributed by atoms with E-state index < -0.39 is 20.6 Å². The number of amides is 1. The highest BCUT2D eigenvalue weighted by Gasteiger charge is 2.29. The highest BCUT2D eigenvalue weighted by Crippen LogP contribution is 2.44. The molecule has 1 saturated carbocycles. The highest BCUT2D eigenvalue weighted by molar-refractivity contribution is 8.00. The molecule has 1 aromatic carbocycles. The fourth-order valence-corrected chi connectivity index (χ4v) is 5.96. The van der Waals surface area contributed by atoms with Gasteiger partial charge in [0.2, 0.25) is 0 Å². The average Bonchev–Trinajstić information content (AvgIpc) is 3.44. The minimum Gasteiger partial charge on any atom is -0.434 e. The number of carbonyl (C=O) groups is 1. The van der Waals surface area contributed by atoms with Gasteiger partial charge in [0.05, 0.1) is 11.9 Å². The molecule has 3 aromatic heterocycles. The van der Waals surface area contributed by atoms with E-state index in [9.17, 15) is 13.6 Å². The third-order valence-corrected chi connectivity index (χ3v) is 9.23. The van der Waals surface area contributed by atoms with Crippen molar-refractivity contribution in [3.8, 4) is 28.3 Å². The van der Waals surface area contributed by atoms with Crippen molar-refractivity contribution in [2.75, 3.05) is 6.61 Å². The Kier molecular flexibility index (Phi) is 7.74. The maximum atomic E-state index is 13.5. The summed E-state index contributed by atoms with van der Waals surface area (Å²) in [6.45, 7) is 4.35. The summed E-state index contributed by atoms with van der Waals surface area (Å²) >= 11 is 1.69. The van der Waals surface area contributed by atoms with Gasteiger partial charge in [-0.1, -0.05) is 19.6 Å². The molecule has 1 fully saturated rings. The van der Waals surface area contributed by atoms with E-state index in [1.807, 2.05) is 6.07 Å².